The first kappa shape index (κ1) is 23.7. The van der Waals surface area contributed by atoms with Crippen molar-refractivity contribution < 1.29 is 0 Å². The van der Waals surface area contributed by atoms with Gasteiger partial charge in [0.25, 0.3) is 0 Å². The third kappa shape index (κ3) is 6.98. The van der Waals surface area contributed by atoms with E-state index in [4.69, 9.17) is 17.3 Å². The molecule has 3 heterocycles. The van der Waals surface area contributed by atoms with Gasteiger partial charge >= 0.3 is 0 Å². The lowest BCUT2D eigenvalue weighted by Gasteiger charge is -2.25. The Morgan fingerprint density at radius 1 is 0.923 bits per heavy atom. The van der Waals surface area contributed by atoms with Gasteiger partial charge in [0.15, 0.2) is 0 Å². The van der Waals surface area contributed by atoms with Crippen LogP contribution >= 0.6 is 36.4 Å². The second-order valence-electron chi connectivity index (χ2n) is 6.88. The summed E-state index contributed by atoms with van der Waals surface area (Å²) in [7, 11) is 0. The molecule has 1 aliphatic carbocycles. The largest absolute Gasteiger partial charge is 0.367 e. The Bertz CT molecular complexity index is 533. The van der Waals surface area contributed by atoms with Crippen LogP contribution in [0.3, 0.4) is 0 Å². The number of hydrogen-bond acceptors (Lipinski definition) is 6. The summed E-state index contributed by atoms with van der Waals surface area (Å²) >= 11 is 5.97. The highest BCUT2D eigenvalue weighted by Gasteiger charge is 2.21. The van der Waals surface area contributed by atoms with Crippen LogP contribution in [-0.4, -0.2) is 48.2 Å². The first-order valence-corrected chi connectivity index (χ1v) is 9.59. The summed E-state index contributed by atoms with van der Waals surface area (Å²) in [6.07, 6.45) is 7.90. The van der Waals surface area contributed by atoms with E-state index < -0.39 is 0 Å². The maximum Gasteiger partial charge on any atom is 0.224 e. The maximum atomic E-state index is 5.97. The Kier molecular flexibility index (Phi) is 11.1. The molecule has 0 saturated carbocycles. The Labute approximate surface area is 173 Å². The number of nitrogens with two attached hydrogens (primary N) is 1. The van der Waals surface area contributed by atoms with Crippen LogP contribution in [0, 0.1) is 0 Å². The topological polar surface area (TPSA) is 87.9 Å². The summed E-state index contributed by atoms with van der Waals surface area (Å²) in [5.41, 5.74) is 8.02. The van der Waals surface area contributed by atoms with Crippen molar-refractivity contribution in [2.45, 2.75) is 57.0 Å². The van der Waals surface area contributed by atoms with Crippen LogP contribution in [0.15, 0.2) is 0 Å². The molecule has 0 bridgehead atoms. The smallest absolute Gasteiger partial charge is 0.224 e. The number of halogens is 3. The molecule has 6 nitrogen and oxygen atoms in total. The van der Waals surface area contributed by atoms with Crippen molar-refractivity contribution in [2.75, 3.05) is 31.5 Å². The van der Waals surface area contributed by atoms with Gasteiger partial charge in [-0.15, -0.1) is 24.8 Å². The van der Waals surface area contributed by atoms with E-state index in [2.05, 4.69) is 25.9 Å². The van der Waals surface area contributed by atoms with Gasteiger partial charge in [0, 0.05) is 17.6 Å². The van der Waals surface area contributed by atoms with E-state index in [0.29, 0.717) is 17.4 Å². The number of hydrogen-bond donors (Lipinski definition) is 4. The van der Waals surface area contributed by atoms with Gasteiger partial charge in [-0.05, 0) is 82.7 Å². The molecule has 9 heteroatoms. The summed E-state index contributed by atoms with van der Waals surface area (Å²) in [4.78, 5) is 8.67. The minimum Gasteiger partial charge on any atom is -0.367 e. The Hall–Kier alpha value is -0.370. The second kappa shape index (κ2) is 12.2. The monoisotopic (exact) mass is 424 g/mol. The zero-order valence-corrected chi connectivity index (χ0v) is 17.5. The van der Waals surface area contributed by atoms with Crippen LogP contribution in [0.2, 0.25) is 5.28 Å². The fraction of sp³-hybridized carbons (Fsp3) is 0.765. The molecular weight excluding hydrogens is 395 g/mol. The Balaban J connectivity index is 0.000000322. The van der Waals surface area contributed by atoms with Crippen LogP contribution < -0.4 is 21.7 Å². The van der Waals surface area contributed by atoms with Crippen LogP contribution in [0.5, 0.6) is 0 Å². The quantitative estimate of drug-likeness (QED) is 0.544. The zero-order valence-electron chi connectivity index (χ0n) is 15.1. The van der Waals surface area contributed by atoms with Gasteiger partial charge < -0.3 is 21.7 Å². The highest BCUT2D eigenvalue weighted by molar-refractivity contribution is 6.28. The van der Waals surface area contributed by atoms with E-state index in [0.717, 1.165) is 76.2 Å². The normalized spacial score (nSPS) is 20.1. The molecule has 0 unspecified atom stereocenters. The van der Waals surface area contributed by atoms with Gasteiger partial charge in [0.2, 0.25) is 5.28 Å². The predicted octanol–water partition coefficient (Wildman–Crippen LogP) is 2.32. The molecule has 3 aliphatic rings. The average molecular weight is 426 g/mol. The number of aryl methyl sites for hydroxylation is 1. The van der Waals surface area contributed by atoms with Crippen molar-refractivity contribution in [2.24, 2.45) is 5.73 Å². The molecule has 0 radical (unpaired) electrons. The van der Waals surface area contributed by atoms with E-state index in [-0.39, 0.29) is 24.8 Å². The summed E-state index contributed by atoms with van der Waals surface area (Å²) < 4.78 is 0. The number of rotatable bonds is 2. The number of anilines is 1. The molecule has 0 amide bonds. The highest BCUT2D eigenvalue weighted by Crippen LogP contribution is 2.28. The van der Waals surface area contributed by atoms with Gasteiger partial charge in [0.1, 0.15) is 5.82 Å². The Morgan fingerprint density at radius 3 is 2.12 bits per heavy atom. The van der Waals surface area contributed by atoms with Crippen LogP contribution in [0.25, 0.3) is 0 Å². The molecule has 2 saturated heterocycles. The van der Waals surface area contributed by atoms with E-state index >= 15 is 0 Å². The SMILES string of the molecule is Cl.Cl.Clc1nc2c(c(NC3CCNCC3)n1)CCC2.NC1CCNCC1. The van der Waals surface area contributed by atoms with Gasteiger partial charge in [0.05, 0.1) is 5.69 Å². The highest BCUT2D eigenvalue weighted by atomic mass is 35.5. The molecule has 2 fully saturated rings. The maximum absolute atomic E-state index is 5.97. The van der Waals surface area contributed by atoms with Gasteiger partial charge in [-0.1, -0.05) is 0 Å². The van der Waals surface area contributed by atoms with Gasteiger partial charge in [-0.3, -0.25) is 0 Å². The lowest BCUT2D eigenvalue weighted by atomic mass is 10.1. The minimum atomic E-state index is 0. The average Bonchev–Trinajstić information content (AvgIpc) is 3.05. The lowest BCUT2D eigenvalue weighted by molar-refractivity contribution is 0.458. The molecule has 0 atom stereocenters. The van der Waals surface area contributed by atoms with Crippen molar-refractivity contribution in [1.82, 2.24) is 20.6 Å². The van der Waals surface area contributed by atoms with E-state index in [1.807, 2.05) is 0 Å². The van der Waals surface area contributed by atoms with Crippen LogP contribution in [0.4, 0.5) is 5.82 Å². The Morgan fingerprint density at radius 2 is 1.54 bits per heavy atom. The molecule has 1 aromatic rings. The number of aromatic nitrogens is 2. The molecule has 4 rings (SSSR count). The number of nitrogens with zero attached hydrogens (tertiary/aromatic N) is 2. The summed E-state index contributed by atoms with van der Waals surface area (Å²) in [5.74, 6) is 0.976. The fourth-order valence-corrected chi connectivity index (χ4v) is 3.71. The third-order valence-electron chi connectivity index (χ3n) is 4.97. The summed E-state index contributed by atoms with van der Waals surface area (Å²) in [6, 6.07) is 0.994. The second-order valence-corrected chi connectivity index (χ2v) is 7.21. The molecule has 150 valence electrons. The first-order valence-electron chi connectivity index (χ1n) is 9.21. The van der Waals surface area contributed by atoms with Crippen molar-refractivity contribution >= 4 is 42.2 Å². The molecule has 2 aliphatic heterocycles. The number of piperidine rings is 2. The van der Waals surface area contributed by atoms with E-state index in [9.17, 15) is 0 Å². The number of nitrogens with one attached hydrogen (secondary N) is 3. The van der Waals surface area contributed by atoms with Gasteiger partial charge in [-0.25, -0.2) is 9.97 Å². The van der Waals surface area contributed by atoms with Crippen molar-refractivity contribution in [3.63, 3.8) is 0 Å². The minimum absolute atomic E-state index is 0. The van der Waals surface area contributed by atoms with Crippen LogP contribution in [0.1, 0.15) is 43.4 Å². The van der Waals surface area contributed by atoms with E-state index in [1.165, 1.54) is 12.0 Å². The van der Waals surface area contributed by atoms with Crippen molar-refractivity contribution in [3.05, 3.63) is 16.5 Å². The summed E-state index contributed by atoms with van der Waals surface area (Å²) in [6.45, 7) is 4.39. The third-order valence-corrected chi connectivity index (χ3v) is 5.14. The molecule has 1 aromatic heterocycles. The number of fused-ring (bicyclic) bond motifs is 1. The van der Waals surface area contributed by atoms with Crippen molar-refractivity contribution in [1.29, 1.82) is 0 Å². The van der Waals surface area contributed by atoms with Crippen LogP contribution in [-0.2, 0) is 12.8 Å². The predicted molar refractivity (Wildman–Crippen MR) is 113 cm³/mol. The van der Waals surface area contributed by atoms with Gasteiger partial charge in [-0.2, -0.15) is 0 Å². The standard InChI is InChI=1S/C12H17ClN4.C5H12N2.2ClH/c13-12-16-10-3-1-2-9(10)11(17-12)15-8-4-6-14-7-5-8;6-5-1-3-7-4-2-5;;/h8,14H,1-7H2,(H,15,16,17);5,7H,1-4,6H2;2*1H. The molecule has 5 N–H and O–H groups in total. The van der Waals surface area contributed by atoms with Crippen molar-refractivity contribution in [3.8, 4) is 0 Å². The molecule has 0 aromatic carbocycles. The first-order chi connectivity index (χ1) is 11.7. The fourth-order valence-electron chi connectivity index (χ4n) is 3.53. The summed E-state index contributed by atoms with van der Waals surface area (Å²) in [5, 5.41) is 10.5. The zero-order chi connectivity index (χ0) is 16.8. The van der Waals surface area contributed by atoms with E-state index in [1.54, 1.807) is 0 Å². The molecule has 0 spiro atoms. The molecular formula is C17H31Cl3N6. The lowest BCUT2D eigenvalue weighted by Crippen LogP contribution is -2.35. The molecule has 26 heavy (non-hydrogen) atoms.